The van der Waals surface area contributed by atoms with E-state index in [1.165, 1.54) is 5.56 Å². The van der Waals surface area contributed by atoms with Crippen molar-refractivity contribution in [1.29, 1.82) is 0 Å². The van der Waals surface area contributed by atoms with Crippen LogP contribution in [0.2, 0.25) is 0 Å². The Bertz CT molecular complexity index is 1130. The Morgan fingerprint density at radius 1 is 1.00 bits per heavy atom. The summed E-state index contributed by atoms with van der Waals surface area (Å²) in [5, 5.41) is 11.6. The summed E-state index contributed by atoms with van der Waals surface area (Å²) in [5.74, 6) is -0.970. The second kappa shape index (κ2) is 8.75. The lowest BCUT2D eigenvalue weighted by Gasteiger charge is -2.14. The number of aromatic nitrogens is 4. The fourth-order valence-electron chi connectivity index (χ4n) is 3.47. The summed E-state index contributed by atoms with van der Waals surface area (Å²) >= 11 is 0. The summed E-state index contributed by atoms with van der Waals surface area (Å²) in [5.41, 5.74) is 6.10. The van der Waals surface area contributed by atoms with E-state index < -0.39 is 18.0 Å². The molecule has 0 radical (unpaired) electrons. The molecule has 0 unspecified atom stereocenters. The molecule has 8 heteroatoms. The van der Waals surface area contributed by atoms with Gasteiger partial charge in [-0.25, -0.2) is 4.79 Å². The number of hydrogen-bond donors (Lipinski definition) is 1. The summed E-state index contributed by atoms with van der Waals surface area (Å²) in [6.45, 7) is 11.4. The van der Waals surface area contributed by atoms with E-state index in [0.29, 0.717) is 34.9 Å². The Labute approximate surface area is 182 Å². The molecule has 1 N–H and O–H groups in total. The monoisotopic (exact) mass is 423 g/mol. The summed E-state index contributed by atoms with van der Waals surface area (Å²) in [7, 11) is 1.81. The number of rotatable bonds is 6. The molecule has 3 rings (SSSR count). The third-order valence-corrected chi connectivity index (χ3v) is 5.45. The summed E-state index contributed by atoms with van der Waals surface area (Å²) in [6, 6.07) is 8.17. The zero-order chi connectivity index (χ0) is 22.9. The molecule has 0 saturated carbocycles. The Morgan fingerprint density at radius 2 is 1.65 bits per heavy atom. The molecule has 31 heavy (non-hydrogen) atoms. The van der Waals surface area contributed by atoms with Gasteiger partial charge in [0.05, 0.1) is 35.0 Å². The molecule has 2 heterocycles. The van der Waals surface area contributed by atoms with Crippen LogP contribution in [0.1, 0.15) is 51.2 Å². The minimum Gasteiger partial charge on any atom is -0.449 e. The molecule has 1 amide bonds. The molecule has 1 atom stereocenters. The lowest BCUT2D eigenvalue weighted by atomic mass is 10.1. The molecule has 1 aromatic carbocycles. The molecule has 0 aliphatic rings. The van der Waals surface area contributed by atoms with Gasteiger partial charge in [-0.1, -0.05) is 29.8 Å². The van der Waals surface area contributed by atoms with Gasteiger partial charge in [0.15, 0.2) is 6.10 Å². The number of ether oxygens (including phenoxy) is 1. The first kappa shape index (κ1) is 22.3. The third-order valence-electron chi connectivity index (χ3n) is 5.45. The zero-order valence-corrected chi connectivity index (χ0v) is 19.1. The van der Waals surface area contributed by atoms with Crippen LogP contribution in [0.4, 0.5) is 5.69 Å². The second-order valence-corrected chi connectivity index (χ2v) is 7.90. The number of nitrogens with zero attached hydrogens (tertiary/aromatic N) is 4. The molecule has 164 valence electrons. The molecule has 3 aromatic rings. The standard InChI is InChI=1S/C23H29N5O3/c1-13-8-10-19(11-9-13)12-28-16(4)20(14(2)26-28)23(30)31-18(6)22(29)24-21-15(3)25-27(7)17(21)5/h8-11,18H,12H2,1-7H3,(H,24,29)/t18-/m0/s1. The summed E-state index contributed by atoms with van der Waals surface area (Å²) in [6.07, 6.45) is -0.967. The number of anilines is 1. The molecular weight excluding hydrogens is 394 g/mol. The fraction of sp³-hybridized carbons (Fsp3) is 0.391. The highest BCUT2D eigenvalue weighted by molar-refractivity contribution is 5.98. The Hall–Kier alpha value is -3.42. The highest BCUT2D eigenvalue weighted by Crippen LogP contribution is 2.20. The topological polar surface area (TPSA) is 91.0 Å². The molecular formula is C23H29N5O3. The number of esters is 1. The predicted octanol–water partition coefficient (Wildman–Crippen LogP) is 3.39. The van der Waals surface area contributed by atoms with Crippen molar-refractivity contribution in [2.24, 2.45) is 7.05 Å². The maximum absolute atomic E-state index is 12.8. The van der Waals surface area contributed by atoms with Gasteiger partial charge in [-0.3, -0.25) is 14.2 Å². The van der Waals surface area contributed by atoms with Crippen molar-refractivity contribution in [1.82, 2.24) is 19.6 Å². The van der Waals surface area contributed by atoms with E-state index in [1.54, 1.807) is 30.3 Å². The van der Waals surface area contributed by atoms with Crippen molar-refractivity contribution in [3.63, 3.8) is 0 Å². The van der Waals surface area contributed by atoms with Crippen molar-refractivity contribution in [2.45, 2.75) is 54.2 Å². The SMILES string of the molecule is Cc1ccc(Cn2nc(C)c(C(=O)O[C@@H](C)C(=O)Nc3c(C)nn(C)c3C)c2C)cc1. The van der Waals surface area contributed by atoms with Crippen molar-refractivity contribution in [2.75, 3.05) is 5.32 Å². The molecule has 0 aliphatic carbocycles. The van der Waals surface area contributed by atoms with Gasteiger partial charge in [-0.2, -0.15) is 10.2 Å². The van der Waals surface area contributed by atoms with E-state index in [9.17, 15) is 9.59 Å². The first-order chi connectivity index (χ1) is 14.6. The molecule has 0 fully saturated rings. The van der Waals surface area contributed by atoms with Gasteiger partial charge in [0, 0.05) is 7.05 Å². The van der Waals surface area contributed by atoms with Gasteiger partial charge in [0.25, 0.3) is 5.91 Å². The molecule has 2 aromatic heterocycles. The average molecular weight is 424 g/mol. The van der Waals surface area contributed by atoms with Crippen LogP contribution >= 0.6 is 0 Å². The number of amides is 1. The van der Waals surface area contributed by atoms with E-state index in [4.69, 9.17) is 4.74 Å². The second-order valence-electron chi connectivity index (χ2n) is 7.90. The van der Waals surface area contributed by atoms with Gasteiger partial charge < -0.3 is 10.1 Å². The molecule has 0 bridgehead atoms. The first-order valence-corrected chi connectivity index (χ1v) is 10.2. The number of aryl methyl sites for hydroxylation is 4. The third kappa shape index (κ3) is 4.68. The van der Waals surface area contributed by atoms with Crippen LogP contribution in [0.15, 0.2) is 24.3 Å². The zero-order valence-electron chi connectivity index (χ0n) is 19.1. The van der Waals surface area contributed by atoms with Crippen LogP contribution in [0, 0.1) is 34.6 Å². The van der Waals surface area contributed by atoms with E-state index in [0.717, 1.165) is 11.3 Å². The van der Waals surface area contributed by atoms with Crippen molar-refractivity contribution in [3.8, 4) is 0 Å². The smallest absolute Gasteiger partial charge is 0.342 e. The van der Waals surface area contributed by atoms with Crippen molar-refractivity contribution < 1.29 is 14.3 Å². The van der Waals surface area contributed by atoms with E-state index in [1.807, 2.05) is 52.0 Å². The minimum absolute atomic E-state index is 0.389. The van der Waals surface area contributed by atoms with Crippen LogP contribution in [0.25, 0.3) is 0 Å². The Morgan fingerprint density at radius 3 is 2.23 bits per heavy atom. The lowest BCUT2D eigenvalue weighted by Crippen LogP contribution is -2.30. The maximum atomic E-state index is 12.8. The van der Waals surface area contributed by atoms with Crippen LogP contribution in [0.3, 0.4) is 0 Å². The number of benzene rings is 1. The molecule has 0 aliphatic heterocycles. The van der Waals surface area contributed by atoms with Crippen LogP contribution in [-0.4, -0.2) is 37.5 Å². The quantitative estimate of drug-likeness (QED) is 0.614. The number of carbonyl (C=O) groups is 2. The highest BCUT2D eigenvalue weighted by atomic mass is 16.5. The number of carbonyl (C=O) groups excluding carboxylic acids is 2. The van der Waals surface area contributed by atoms with Gasteiger partial charge in [-0.15, -0.1) is 0 Å². The van der Waals surface area contributed by atoms with Crippen molar-refractivity contribution in [3.05, 3.63) is 63.7 Å². The normalized spacial score (nSPS) is 12.0. The summed E-state index contributed by atoms with van der Waals surface area (Å²) < 4.78 is 8.94. The van der Waals surface area contributed by atoms with E-state index in [-0.39, 0.29) is 0 Å². The Balaban J connectivity index is 1.71. The molecule has 8 nitrogen and oxygen atoms in total. The van der Waals surface area contributed by atoms with E-state index in [2.05, 4.69) is 15.5 Å². The van der Waals surface area contributed by atoms with Gasteiger partial charge in [0.1, 0.15) is 5.56 Å². The van der Waals surface area contributed by atoms with Crippen LogP contribution in [-0.2, 0) is 23.1 Å². The minimum atomic E-state index is -0.967. The van der Waals surface area contributed by atoms with Gasteiger partial charge >= 0.3 is 5.97 Å². The van der Waals surface area contributed by atoms with Crippen molar-refractivity contribution >= 4 is 17.6 Å². The Kier molecular flexibility index (Phi) is 6.29. The largest absolute Gasteiger partial charge is 0.449 e. The summed E-state index contributed by atoms with van der Waals surface area (Å²) in [4.78, 5) is 25.4. The fourth-order valence-corrected chi connectivity index (χ4v) is 3.47. The van der Waals surface area contributed by atoms with Crippen LogP contribution in [0.5, 0.6) is 0 Å². The maximum Gasteiger partial charge on any atom is 0.342 e. The number of nitrogens with one attached hydrogen (secondary N) is 1. The predicted molar refractivity (Wildman–Crippen MR) is 118 cm³/mol. The number of hydrogen-bond acceptors (Lipinski definition) is 5. The molecule has 0 spiro atoms. The highest BCUT2D eigenvalue weighted by Gasteiger charge is 2.25. The van der Waals surface area contributed by atoms with E-state index >= 15 is 0 Å². The van der Waals surface area contributed by atoms with Crippen LogP contribution < -0.4 is 5.32 Å². The first-order valence-electron chi connectivity index (χ1n) is 10.2. The lowest BCUT2D eigenvalue weighted by molar-refractivity contribution is -0.123. The van der Waals surface area contributed by atoms with Gasteiger partial charge in [-0.05, 0) is 47.1 Å². The average Bonchev–Trinajstić information content (AvgIpc) is 3.12. The molecule has 0 saturated heterocycles. The van der Waals surface area contributed by atoms with Gasteiger partial charge in [0.2, 0.25) is 0 Å².